The molecule has 3 heterocycles. The summed E-state index contributed by atoms with van der Waals surface area (Å²) < 4.78 is 3.51. The number of hydrogen-bond donors (Lipinski definition) is 1. The molecule has 0 aromatic carbocycles. The summed E-state index contributed by atoms with van der Waals surface area (Å²) in [7, 11) is 0. The van der Waals surface area contributed by atoms with E-state index in [2.05, 4.69) is 30.7 Å². The largest absolute Gasteiger partial charge is 0.370 e. The molecule has 19 heavy (non-hydrogen) atoms. The lowest BCUT2D eigenvalue weighted by molar-refractivity contribution is 0.569. The summed E-state index contributed by atoms with van der Waals surface area (Å²) in [5, 5.41) is 15.2. The Morgan fingerprint density at radius 3 is 3.16 bits per heavy atom. The highest BCUT2D eigenvalue weighted by atomic mass is 15.4. The third kappa shape index (κ3) is 2.51. The molecule has 3 aromatic heterocycles. The number of hydrogen-bond acceptors (Lipinski definition) is 6. The van der Waals surface area contributed by atoms with Gasteiger partial charge in [0, 0.05) is 31.0 Å². The molecule has 0 atom stereocenters. The predicted molar refractivity (Wildman–Crippen MR) is 68.6 cm³/mol. The van der Waals surface area contributed by atoms with Gasteiger partial charge in [0.05, 0.1) is 6.20 Å². The van der Waals surface area contributed by atoms with Gasteiger partial charge in [-0.05, 0) is 13.3 Å². The van der Waals surface area contributed by atoms with E-state index in [1.165, 1.54) is 6.33 Å². The van der Waals surface area contributed by atoms with E-state index in [1.807, 2.05) is 23.9 Å². The lowest BCUT2D eigenvalue weighted by Crippen LogP contribution is -2.11. The molecule has 98 valence electrons. The van der Waals surface area contributed by atoms with Gasteiger partial charge in [-0.15, -0.1) is 5.10 Å². The van der Waals surface area contributed by atoms with Gasteiger partial charge in [0.2, 0.25) is 0 Å². The van der Waals surface area contributed by atoms with Crippen molar-refractivity contribution in [2.75, 3.05) is 11.9 Å². The first-order valence-electron chi connectivity index (χ1n) is 6.08. The smallest absolute Gasteiger partial charge is 0.254 e. The van der Waals surface area contributed by atoms with Crippen LogP contribution in [-0.4, -0.2) is 41.1 Å². The minimum Gasteiger partial charge on any atom is -0.370 e. The van der Waals surface area contributed by atoms with Crippen LogP contribution >= 0.6 is 0 Å². The van der Waals surface area contributed by atoms with Crippen molar-refractivity contribution in [3.05, 3.63) is 30.5 Å². The maximum atomic E-state index is 4.29. The molecule has 0 radical (unpaired) electrons. The van der Waals surface area contributed by atoms with Crippen molar-refractivity contribution in [3.8, 4) is 0 Å². The van der Waals surface area contributed by atoms with E-state index in [-0.39, 0.29) is 0 Å². The number of nitrogens with one attached hydrogen (secondary N) is 1. The molecule has 0 amide bonds. The molecule has 1 N–H and O–H groups in total. The molecule has 0 fully saturated rings. The van der Waals surface area contributed by atoms with Crippen LogP contribution in [0.5, 0.6) is 0 Å². The Hall–Kier alpha value is -2.51. The molecular weight excluding hydrogens is 244 g/mol. The SMILES string of the molecule is Cc1cc(NCCCn2ccnn2)n2ncnc2n1. The summed E-state index contributed by atoms with van der Waals surface area (Å²) in [4.78, 5) is 8.38. The second-order valence-electron chi connectivity index (χ2n) is 4.20. The summed E-state index contributed by atoms with van der Waals surface area (Å²) in [6.45, 7) is 3.59. The highest BCUT2D eigenvalue weighted by molar-refractivity contribution is 5.44. The molecule has 8 heteroatoms. The van der Waals surface area contributed by atoms with Crippen molar-refractivity contribution < 1.29 is 0 Å². The van der Waals surface area contributed by atoms with E-state index >= 15 is 0 Å². The molecule has 0 saturated heterocycles. The van der Waals surface area contributed by atoms with Crippen molar-refractivity contribution in [1.29, 1.82) is 0 Å². The zero-order valence-corrected chi connectivity index (χ0v) is 10.6. The second-order valence-corrected chi connectivity index (χ2v) is 4.20. The third-order valence-electron chi connectivity index (χ3n) is 2.72. The van der Waals surface area contributed by atoms with Crippen LogP contribution in [0.4, 0.5) is 5.82 Å². The lowest BCUT2D eigenvalue weighted by Gasteiger charge is -2.08. The van der Waals surface area contributed by atoms with E-state index in [0.717, 1.165) is 31.0 Å². The van der Waals surface area contributed by atoms with Gasteiger partial charge in [-0.25, -0.2) is 4.98 Å². The highest BCUT2D eigenvalue weighted by Gasteiger charge is 2.04. The molecule has 0 aliphatic heterocycles. The van der Waals surface area contributed by atoms with Crippen molar-refractivity contribution in [1.82, 2.24) is 34.6 Å². The first-order chi connectivity index (χ1) is 9.33. The molecule has 8 nitrogen and oxygen atoms in total. The van der Waals surface area contributed by atoms with Crippen LogP contribution in [0.2, 0.25) is 0 Å². The zero-order valence-electron chi connectivity index (χ0n) is 10.6. The zero-order chi connectivity index (χ0) is 13.1. The van der Waals surface area contributed by atoms with Gasteiger partial charge in [-0.1, -0.05) is 5.21 Å². The van der Waals surface area contributed by atoms with Gasteiger partial charge < -0.3 is 5.32 Å². The fraction of sp³-hybridized carbons (Fsp3) is 0.364. The monoisotopic (exact) mass is 258 g/mol. The number of aryl methyl sites for hydroxylation is 2. The molecule has 0 saturated carbocycles. The van der Waals surface area contributed by atoms with Gasteiger partial charge in [0.1, 0.15) is 12.1 Å². The van der Waals surface area contributed by atoms with Crippen LogP contribution in [0.25, 0.3) is 5.78 Å². The van der Waals surface area contributed by atoms with Gasteiger partial charge >= 0.3 is 0 Å². The first-order valence-corrected chi connectivity index (χ1v) is 6.08. The summed E-state index contributed by atoms with van der Waals surface area (Å²) in [6, 6.07) is 1.96. The second kappa shape index (κ2) is 5.01. The lowest BCUT2D eigenvalue weighted by atomic mass is 10.4. The summed E-state index contributed by atoms with van der Waals surface area (Å²) >= 11 is 0. The molecule has 3 aromatic rings. The Morgan fingerprint density at radius 1 is 1.37 bits per heavy atom. The fourth-order valence-corrected chi connectivity index (χ4v) is 1.87. The normalized spacial score (nSPS) is 11.0. The predicted octanol–water partition coefficient (Wildman–Crippen LogP) is 0.526. The number of fused-ring (bicyclic) bond motifs is 1. The summed E-state index contributed by atoms with van der Waals surface area (Å²) in [6.07, 6.45) is 5.98. The van der Waals surface area contributed by atoms with Crippen molar-refractivity contribution in [3.63, 3.8) is 0 Å². The van der Waals surface area contributed by atoms with Crippen LogP contribution in [0, 0.1) is 6.92 Å². The number of nitrogens with zero attached hydrogens (tertiary/aromatic N) is 7. The summed E-state index contributed by atoms with van der Waals surface area (Å²) in [5.41, 5.74) is 0.916. The van der Waals surface area contributed by atoms with Gasteiger partial charge in [-0.2, -0.15) is 14.6 Å². The van der Waals surface area contributed by atoms with Crippen molar-refractivity contribution in [2.24, 2.45) is 0 Å². The van der Waals surface area contributed by atoms with E-state index in [9.17, 15) is 0 Å². The van der Waals surface area contributed by atoms with Crippen LogP contribution in [0.15, 0.2) is 24.8 Å². The average Bonchev–Trinajstić information content (AvgIpc) is 3.04. The van der Waals surface area contributed by atoms with E-state index < -0.39 is 0 Å². The minimum atomic E-state index is 0.610. The van der Waals surface area contributed by atoms with Crippen LogP contribution < -0.4 is 5.32 Å². The number of rotatable bonds is 5. The average molecular weight is 258 g/mol. The maximum Gasteiger partial charge on any atom is 0.254 e. The Balaban J connectivity index is 1.63. The summed E-state index contributed by atoms with van der Waals surface area (Å²) in [5.74, 6) is 1.51. The van der Waals surface area contributed by atoms with Crippen molar-refractivity contribution >= 4 is 11.6 Å². The van der Waals surface area contributed by atoms with Crippen LogP contribution in [0.3, 0.4) is 0 Å². The van der Waals surface area contributed by atoms with E-state index in [1.54, 1.807) is 10.7 Å². The Kier molecular flexibility index (Phi) is 3.05. The van der Waals surface area contributed by atoms with E-state index in [0.29, 0.717) is 5.78 Å². The molecule has 0 spiro atoms. The number of anilines is 1. The topological polar surface area (TPSA) is 85.8 Å². The van der Waals surface area contributed by atoms with E-state index in [4.69, 9.17) is 0 Å². The molecular formula is C11H14N8. The Morgan fingerprint density at radius 2 is 2.32 bits per heavy atom. The van der Waals surface area contributed by atoms with Gasteiger partial charge in [0.15, 0.2) is 0 Å². The van der Waals surface area contributed by atoms with Gasteiger partial charge in [-0.3, -0.25) is 4.68 Å². The molecule has 0 unspecified atom stereocenters. The highest BCUT2D eigenvalue weighted by Crippen LogP contribution is 2.09. The Bertz CT molecular complexity index is 656. The fourth-order valence-electron chi connectivity index (χ4n) is 1.87. The maximum absolute atomic E-state index is 4.29. The van der Waals surface area contributed by atoms with Crippen molar-refractivity contribution in [2.45, 2.75) is 19.9 Å². The minimum absolute atomic E-state index is 0.610. The standard InChI is InChI=1S/C11H14N8/c1-9-7-10(19-11(16-9)13-8-15-19)12-3-2-5-18-6-4-14-17-18/h4,6-8,12H,2-3,5H2,1H3. The van der Waals surface area contributed by atoms with Gasteiger partial charge in [0.25, 0.3) is 5.78 Å². The molecule has 0 bridgehead atoms. The first kappa shape index (κ1) is 11.6. The Labute approximate surface area is 109 Å². The van der Waals surface area contributed by atoms with Crippen LogP contribution in [-0.2, 0) is 6.54 Å². The molecule has 0 aliphatic rings. The third-order valence-corrected chi connectivity index (χ3v) is 2.72. The molecule has 3 rings (SSSR count). The molecule has 0 aliphatic carbocycles. The number of aromatic nitrogens is 7. The quantitative estimate of drug-likeness (QED) is 0.672. The van der Waals surface area contributed by atoms with Crippen LogP contribution in [0.1, 0.15) is 12.1 Å².